The fraction of sp³-hybridized carbons (Fsp3) is 0.387. The van der Waals surface area contributed by atoms with Crippen molar-refractivity contribution in [2.75, 3.05) is 0 Å². The molecule has 0 amide bonds. The third-order valence-corrected chi connectivity index (χ3v) is 6.40. The zero-order valence-electron chi connectivity index (χ0n) is 22.8. The predicted octanol–water partition coefficient (Wildman–Crippen LogP) is 6.93. The largest absolute Gasteiger partial charge is 0.423 e. The van der Waals surface area contributed by atoms with Gasteiger partial charge in [-0.3, -0.25) is 4.79 Å². The van der Waals surface area contributed by atoms with Crippen LogP contribution in [0.5, 0.6) is 0 Å². The van der Waals surface area contributed by atoms with Crippen LogP contribution in [-0.4, -0.2) is 5.78 Å². The Kier molecular flexibility index (Phi) is 7.45. The van der Waals surface area contributed by atoms with Crippen LogP contribution < -0.4 is 11.3 Å². The number of ketones is 1. The first-order valence-corrected chi connectivity index (χ1v) is 12.2. The van der Waals surface area contributed by atoms with Gasteiger partial charge in [0.05, 0.1) is 0 Å². The maximum Gasteiger partial charge on any atom is 0.340 e. The maximum atomic E-state index is 12.0. The van der Waals surface area contributed by atoms with E-state index in [1.54, 1.807) is 0 Å². The zero-order chi connectivity index (χ0) is 27.0. The molecule has 190 valence electrons. The molecule has 5 nitrogen and oxygen atoms in total. The number of carbonyl (C=O) groups excluding carboxylic acids is 1. The number of benzene rings is 2. The van der Waals surface area contributed by atoms with E-state index in [0.717, 1.165) is 27.5 Å². The number of carbonyl (C=O) groups is 1. The molecule has 0 saturated heterocycles. The summed E-state index contributed by atoms with van der Waals surface area (Å²) in [5.41, 5.74) is 5.21. The first kappa shape index (κ1) is 27.1. The second-order valence-corrected chi connectivity index (χ2v) is 11.5. The van der Waals surface area contributed by atoms with E-state index in [9.17, 15) is 14.4 Å². The highest BCUT2D eigenvalue weighted by atomic mass is 16.4. The number of hydrogen-bond donors (Lipinski definition) is 0. The summed E-state index contributed by atoms with van der Waals surface area (Å²) in [5.74, 6) is -0.0361. The van der Waals surface area contributed by atoms with Crippen molar-refractivity contribution in [2.45, 2.75) is 79.6 Å². The average molecular weight is 489 g/mol. The number of hydrogen-bond acceptors (Lipinski definition) is 5. The van der Waals surface area contributed by atoms with E-state index in [0.29, 0.717) is 16.7 Å². The summed E-state index contributed by atoms with van der Waals surface area (Å²) >= 11 is 0. The third kappa shape index (κ3) is 6.01. The van der Waals surface area contributed by atoms with Gasteiger partial charge in [0.1, 0.15) is 16.9 Å². The fourth-order valence-corrected chi connectivity index (χ4v) is 4.11. The van der Waals surface area contributed by atoms with Crippen molar-refractivity contribution in [1.82, 2.24) is 0 Å². The molecule has 5 heteroatoms. The Morgan fingerprint density at radius 3 is 1.75 bits per heavy atom. The van der Waals surface area contributed by atoms with Crippen LogP contribution >= 0.6 is 0 Å². The molecule has 0 spiro atoms. The van der Waals surface area contributed by atoms with E-state index in [2.05, 4.69) is 47.6 Å². The van der Waals surface area contributed by atoms with Gasteiger partial charge in [-0.1, -0.05) is 65.8 Å². The molecule has 0 fully saturated rings. The summed E-state index contributed by atoms with van der Waals surface area (Å²) in [7, 11) is 0. The van der Waals surface area contributed by atoms with Crippen molar-refractivity contribution < 1.29 is 13.6 Å². The standard InChI is InChI=1S/C17H20O3.C14H16O2/c1-10(18)8-14-11(2)13-7-6-12(17(3,4)5)9-15(13)20-16(14)19;1-9-7-13(15)16-12-8-10(14(2,3)4)5-6-11(9)12/h6-7,9H,8H2,1-5H3;5-8H,1-4H3. The number of rotatable bonds is 2. The minimum absolute atomic E-state index is 0.00127. The predicted molar refractivity (Wildman–Crippen MR) is 146 cm³/mol. The van der Waals surface area contributed by atoms with Crippen LogP contribution in [0, 0.1) is 13.8 Å². The molecule has 0 bridgehead atoms. The van der Waals surface area contributed by atoms with Gasteiger partial charge in [-0.25, -0.2) is 9.59 Å². The van der Waals surface area contributed by atoms with E-state index in [4.69, 9.17) is 8.83 Å². The van der Waals surface area contributed by atoms with Crippen LogP contribution in [0.15, 0.2) is 60.9 Å². The van der Waals surface area contributed by atoms with Crippen molar-refractivity contribution in [3.8, 4) is 0 Å². The Morgan fingerprint density at radius 2 is 1.25 bits per heavy atom. The molecule has 0 aliphatic heterocycles. The van der Waals surface area contributed by atoms with Crippen molar-refractivity contribution in [1.29, 1.82) is 0 Å². The molecule has 0 aliphatic carbocycles. The van der Waals surface area contributed by atoms with E-state index < -0.39 is 5.63 Å². The molecule has 0 saturated carbocycles. The van der Waals surface area contributed by atoms with Gasteiger partial charge in [0, 0.05) is 28.8 Å². The molecule has 4 rings (SSSR count). The van der Waals surface area contributed by atoms with Gasteiger partial charge in [0.25, 0.3) is 0 Å². The number of aryl methyl sites for hydroxylation is 2. The first-order chi connectivity index (χ1) is 16.6. The second kappa shape index (κ2) is 9.88. The maximum absolute atomic E-state index is 12.0. The lowest BCUT2D eigenvalue weighted by Gasteiger charge is -2.19. The highest BCUT2D eigenvalue weighted by Gasteiger charge is 2.18. The Labute approximate surface area is 212 Å². The summed E-state index contributed by atoms with van der Waals surface area (Å²) in [6.07, 6.45) is 0.130. The van der Waals surface area contributed by atoms with Gasteiger partial charge in [0.15, 0.2) is 0 Å². The Bertz CT molecular complexity index is 1550. The lowest BCUT2D eigenvalue weighted by atomic mass is 9.86. The molecular formula is C31H36O5. The minimum Gasteiger partial charge on any atom is -0.423 e. The van der Waals surface area contributed by atoms with Crippen LogP contribution in [0.3, 0.4) is 0 Å². The molecule has 0 unspecified atom stereocenters. The highest BCUT2D eigenvalue weighted by Crippen LogP contribution is 2.28. The Morgan fingerprint density at radius 1 is 0.750 bits per heavy atom. The van der Waals surface area contributed by atoms with E-state index in [1.807, 2.05) is 44.2 Å². The normalized spacial score (nSPS) is 11.9. The Balaban J connectivity index is 0.000000205. The molecule has 2 aromatic heterocycles. The second-order valence-electron chi connectivity index (χ2n) is 11.5. The van der Waals surface area contributed by atoms with Gasteiger partial charge >= 0.3 is 11.3 Å². The number of Topliss-reactive ketones (excluding diaryl/α,β-unsaturated/α-hetero) is 1. The molecule has 2 heterocycles. The van der Waals surface area contributed by atoms with Crippen molar-refractivity contribution in [2.24, 2.45) is 0 Å². The van der Waals surface area contributed by atoms with Crippen LogP contribution in [0.4, 0.5) is 0 Å². The van der Waals surface area contributed by atoms with Crippen molar-refractivity contribution >= 4 is 27.7 Å². The van der Waals surface area contributed by atoms with E-state index in [1.165, 1.54) is 18.6 Å². The zero-order valence-corrected chi connectivity index (χ0v) is 22.8. The minimum atomic E-state index is -0.406. The monoisotopic (exact) mass is 488 g/mol. The van der Waals surface area contributed by atoms with Crippen LogP contribution in [0.25, 0.3) is 21.9 Å². The van der Waals surface area contributed by atoms with E-state index in [-0.39, 0.29) is 28.7 Å². The lowest BCUT2D eigenvalue weighted by Crippen LogP contribution is -2.15. The van der Waals surface area contributed by atoms with Gasteiger partial charge in [-0.05, 0) is 66.0 Å². The third-order valence-electron chi connectivity index (χ3n) is 6.40. The summed E-state index contributed by atoms with van der Waals surface area (Å²) in [6, 6.07) is 13.5. The van der Waals surface area contributed by atoms with Gasteiger partial charge in [-0.15, -0.1) is 0 Å². The molecule has 0 N–H and O–H groups in total. The summed E-state index contributed by atoms with van der Waals surface area (Å²) in [6.45, 7) is 18.0. The lowest BCUT2D eigenvalue weighted by molar-refractivity contribution is -0.116. The van der Waals surface area contributed by atoms with Crippen LogP contribution in [-0.2, 0) is 22.0 Å². The molecular weight excluding hydrogens is 452 g/mol. The summed E-state index contributed by atoms with van der Waals surface area (Å²) < 4.78 is 10.6. The average Bonchev–Trinajstić information content (AvgIpc) is 2.75. The Hall–Kier alpha value is -3.47. The van der Waals surface area contributed by atoms with Crippen LogP contribution in [0.1, 0.15) is 76.3 Å². The molecule has 0 aliphatic rings. The topological polar surface area (TPSA) is 77.5 Å². The van der Waals surface area contributed by atoms with Crippen molar-refractivity contribution in [3.63, 3.8) is 0 Å². The molecule has 36 heavy (non-hydrogen) atoms. The summed E-state index contributed by atoms with van der Waals surface area (Å²) in [5, 5.41) is 1.90. The SMILES string of the molecule is CC(=O)Cc1c(C)c2ccc(C(C)(C)C)cc2oc1=O.Cc1cc(=O)oc2cc(C(C)(C)C)ccc12. The number of fused-ring (bicyclic) bond motifs is 2. The molecule has 4 aromatic rings. The van der Waals surface area contributed by atoms with Crippen molar-refractivity contribution in [3.05, 3.63) is 91.1 Å². The van der Waals surface area contributed by atoms with Gasteiger partial charge in [0.2, 0.25) is 0 Å². The van der Waals surface area contributed by atoms with Crippen LogP contribution in [0.2, 0.25) is 0 Å². The van der Waals surface area contributed by atoms with Gasteiger partial charge in [-0.2, -0.15) is 0 Å². The highest BCUT2D eigenvalue weighted by molar-refractivity contribution is 5.85. The molecule has 2 aromatic carbocycles. The quantitative estimate of drug-likeness (QED) is 0.286. The molecule has 0 radical (unpaired) electrons. The smallest absolute Gasteiger partial charge is 0.340 e. The first-order valence-electron chi connectivity index (χ1n) is 12.2. The van der Waals surface area contributed by atoms with E-state index >= 15 is 0 Å². The summed E-state index contributed by atoms with van der Waals surface area (Å²) in [4.78, 5) is 34.6. The fourth-order valence-electron chi connectivity index (χ4n) is 4.11. The molecule has 0 atom stereocenters. The van der Waals surface area contributed by atoms with Gasteiger partial charge < -0.3 is 8.83 Å².